The summed E-state index contributed by atoms with van der Waals surface area (Å²) in [5, 5.41) is 7.15. The largest absolute Gasteiger partial charge is 0.370 e. The van der Waals surface area contributed by atoms with E-state index in [4.69, 9.17) is 0 Å². The van der Waals surface area contributed by atoms with Gasteiger partial charge in [0.2, 0.25) is 0 Å². The van der Waals surface area contributed by atoms with E-state index in [0.29, 0.717) is 0 Å². The summed E-state index contributed by atoms with van der Waals surface area (Å²) in [5.74, 6) is 1.79. The van der Waals surface area contributed by atoms with Gasteiger partial charge in [0.1, 0.15) is 0 Å². The lowest BCUT2D eigenvalue weighted by atomic mass is 9.92. The molecule has 3 heterocycles. The maximum Gasteiger partial charge on any atom is 0.0576 e. The molecule has 2 aliphatic heterocycles. The SMILES string of the molecule is c1cc(N2CC3CCNCCC3C2)c2sccc2c1. The van der Waals surface area contributed by atoms with E-state index >= 15 is 0 Å². The standard InChI is InChI=1S/C16H20N2S/c1-2-12-6-9-19-16(12)15(3-1)18-10-13-4-7-17-8-5-14(13)11-18/h1-3,6,9,13-14,17H,4-5,7-8,10-11H2. The molecule has 3 heteroatoms. The first-order valence-electron chi connectivity index (χ1n) is 7.34. The van der Waals surface area contributed by atoms with E-state index in [9.17, 15) is 0 Å². The number of benzene rings is 1. The van der Waals surface area contributed by atoms with Crippen molar-refractivity contribution in [3.63, 3.8) is 0 Å². The van der Waals surface area contributed by atoms with Crippen molar-refractivity contribution in [1.82, 2.24) is 5.32 Å². The van der Waals surface area contributed by atoms with Crippen molar-refractivity contribution in [3.05, 3.63) is 29.6 Å². The molecule has 1 aromatic heterocycles. The van der Waals surface area contributed by atoms with Crippen LogP contribution in [0.15, 0.2) is 29.6 Å². The molecule has 2 aliphatic rings. The van der Waals surface area contributed by atoms with Gasteiger partial charge >= 0.3 is 0 Å². The highest BCUT2D eigenvalue weighted by molar-refractivity contribution is 7.17. The molecule has 1 N–H and O–H groups in total. The average molecular weight is 272 g/mol. The third-order valence-corrected chi connectivity index (χ3v) is 5.71. The van der Waals surface area contributed by atoms with Gasteiger partial charge in [0.15, 0.2) is 0 Å². The van der Waals surface area contributed by atoms with E-state index in [1.54, 1.807) is 0 Å². The number of nitrogens with one attached hydrogen (secondary N) is 1. The Balaban J connectivity index is 1.65. The Kier molecular flexibility index (Phi) is 2.97. The van der Waals surface area contributed by atoms with Gasteiger partial charge < -0.3 is 10.2 Å². The number of hydrogen-bond donors (Lipinski definition) is 1. The Bertz CT molecular complexity index is 563. The Labute approximate surface area is 118 Å². The van der Waals surface area contributed by atoms with E-state index in [0.717, 1.165) is 11.8 Å². The molecule has 1 aromatic carbocycles. The third kappa shape index (κ3) is 2.05. The van der Waals surface area contributed by atoms with Gasteiger partial charge in [0, 0.05) is 13.1 Å². The number of thiophene rings is 1. The topological polar surface area (TPSA) is 15.3 Å². The molecule has 100 valence electrons. The molecule has 2 nitrogen and oxygen atoms in total. The van der Waals surface area contributed by atoms with Gasteiger partial charge in [-0.25, -0.2) is 0 Å². The number of rotatable bonds is 1. The lowest BCUT2D eigenvalue weighted by Gasteiger charge is -2.20. The molecule has 0 aliphatic carbocycles. The van der Waals surface area contributed by atoms with Gasteiger partial charge in [-0.15, -0.1) is 11.3 Å². The smallest absolute Gasteiger partial charge is 0.0576 e. The fraction of sp³-hybridized carbons (Fsp3) is 0.500. The van der Waals surface area contributed by atoms with Gasteiger partial charge in [0.05, 0.1) is 10.4 Å². The fourth-order valence-corrected chi connectivity index (χ4v) is 4.66. The van der Waals surface area contributed by atoms with E-state index in [1.165, 1.54) is 54.8 Å². The minimum absolute atomic E-state index is 0.894. The highest BCUT2D eigenvalue weighted by Crippen LogP contribution is 2.38. The quantitative estimate of drug-likeness (QED) is 0.856. The number of nitrogens with zero attached hydrogens (tertiary/aromatic N) is 1. The van der Waals surface area contributed by atoms with Gasteiger partial charge in [-0.3, -0.25) is 0 Å². The van der Waals surface area contributed by atoms with Crippen LogP contribution < -0.4 is 10.2 Å². The Morgan fingerprint density at radius 1 is 1.05 bits per heavy atom. The molecule has 2 saturated heterocycles. The molecule has 0 spiro atoms. The van der Waals surface area contributed by atoms with Crippen molar-refractivity contribution < 1.29 is 0 Å². The molecule has 4 rings (SSSR count). The lowest BCUT2D eigenvalue weighted by molar-refractivity contribution is 0.409. The van der Waals surface area contributed by atoms with Crippen molar-refractivity contribution in [1.29, 1.82) is 0 Å². The minimum atomic E-state index is 0.894. The maximum absolute atomic E-state index is 3.54. The van der Waals surface area contributed by atoms with Crippen molar-refractivity contribution in [2.24, 2.45) is 11.8 Å². The number of fused-ring (bicyclic) bond motifs is 2. The van der Waals surface area contributed by atoms with Gasteiger partial charge in [-0.1, -0.05) is 12.1 Å². The number of anilines is 1. The summed E-state index contributed by atoms with van der Waals surface area (Å²) < 4.78 is 1.47. The molecule has 0 saturated carbocycles. The second kappa shape index (κ2) is 4.80. The molecule has 19 heavy (non-hydrogen) atoms. The summed E-state index contributed by atoms with van der Waals surface area (Å²) >= 11 is 1.88. The molecule has 0 bridgehead atoms. The van der Waals surface area contributed by atoms with Crippen LogP contribution in [0.3, 0.4) is 0 Å². The summed E-state index contributed by atoms with van der Waals surface area (Å²) in [6, 6.07) is 8.98. The monoisotopic (exact) mass is 272 g/mol. The summed E-state index contributed by atoms with van der Waals surface area (Å²) in [5.41, 5.74) is 1.47. The van der Waals surface area contributed by atoms with Gasteiger partial charge in [-0.05, 0) is 60.7 Å². The second-order valence-corrected chi connectivity index (χ2v) is 6.78. The number of hydrogen-bond acceptors (Lipinski definition) is 3. The molecule has 0 radical (unpaired) electrons. The molecular weight excluding hydrogens is 252 g/mol. The Morgan fingerprint density at radius 2 is 1.84 bits per heavy atom. The first kappa shape index (κ1) is 11.7. The van der Waals surface area contributed by atoms with Crippen LogP contribution in [0.4, 0.5) is 5.69 Å². The predicted molar refractivity (Wildman–Crippen MR) is 83.1 cm³/mol. The zero-order chi connectivity index (χ0) is 12.7. The maximum atomic E-state index is 3.54. The van der Waals surface area contributed by atoms with Gasteiger partial charge in [-0.2, -0.15) is 0 Å². The van der Waals surface area contributed by atoms with E-state index in [-0.39, 0.29) is 0 Å². The van der Waals surface area contributed by atoms with E-state index in [2.05, 4.69) is 39.9 Å². The molecule has 2 atom stereocenters. The second-order valence-electron chi connectivity index (χ2n) is 5.87. The molecular formula is C16H20N2S. The fourth-order valence-electron chi connectivity index (χ4n) is 3.72. The normalized spacial score (nSPS) is 27.5. The molecule has 2 unspecified atom stereocenters. The van der Waals surface area contributed by atoms with Crippen LogP contribution in [0, 0.1) is 11.8 Å². The van der Waals surface area contributed by atoms with Crippen molar-refractivity contribution in [2.45, 2.75) is 12.8 Å². The van der Waals surface area contributed by atoms with Crippen LogP contribution in [-0.2, 0) is 0 Å². The minimum Gasteiger partial charge on any atom is -0.370 e. The van der Waals surface area contributed by atoms with E-state index < -0.39 is 0 Å². The zero-order valence-corrected chi connectivity index (χ0v) is 12.0. The van der Waals surface area contributed by atoms with Crippen LogP contribution in [0.2, 0.25) is 0 Å². The average Bonchev–Trinajstić information content (AvgIpc) is 3.00. The molecule has 0 amide bonds. The first-order valence-corrected chi connectivity index (χ1v) is 8.22. The summed E-state index contributed by atoms with van der Waals surface area (Å²) in [6.07, 6.45) is 2.70. The van der Waals surface area contributed by atoms with Crippen molar-refractivity contribution >= 4 is 27.1 Å². The van der Waals surface area contributed by atoms with Crippen molar-refractivity contribution in [3.8, 4) is 0 Å². The summed E-state index contributed by atoms with van der Waals surface area (Å²) in [6.45, 7) is 4.92. The Hall–Kier alpha value is -1.06. The van der Waals surface area contributed by atoms with E-state index in [1.807, 2.05) is 11.3 Å². The van der Waals surface area contributed by atoms with Gasteiger partial charge in [0.25, 0.3) is 0 Å². The van der Waals surface area contributed by atoms with Crippen LogP contribution in [-0.4, -0.2) is 26.2 Å². The highest BCUT2D eigenvalue weighted by atomic mass is 32.1. The molecule has 2 fully saturated rings. The zero-order valence-electron chi connectivity index (χ0n) is 11.1. The van der Waals surface area contributed by atoms with Crippen LogP contribution in [0.25, 0.3) is 10.1 Å². The Morgan fingerprint density at radius 3 is 2.63 bits per heavy atom. The lowest BCUT2D eigenvalue weighted by Crippen LogP contribution is -2.22. The molecule has 2 aromatic rings. The predicted octanol–water partition coefficient (Wildman–Crippen LogP) is 3.34. The summed E-state index contributed by atoms with van der Waals surface area (Å²) in [7, 11) is 0. The van der Waals surface area contributed by atoms with Crippen LogP contribution in [0.1, 0.15) is 12.8 Å². The highest BCUT2D eigenvalue weighted by Gasteiger charge is 2.33. The summed E-state index contributed by atoms with van der Waals surface area (Å²) in [4.78, 5) is 2.64. The third-order valence-electron chi connectivity index (χ3n) is 4.76. The van der Waals surface area contributed by atoms with Crippen molar-refractivity contribution in [2.75, 3.05) is 31.1 Å². The van der Waals surface area contributed by atoms with Crippen LogP contribution >= 0.6 is 11.3 Å². The first-order chi connectivity index (χ1) is 9.42. The van der Waals surface area contributed by atoms with Crippen LogP contribution in [0.5, 0.6) is 0 Å².